The lowest BCUT2D eigenvalue weighted by molar-refractivity contribution is -0.384. The number of ether oxygens (including phenoxy) is 2. The Morgan fingerprint density at radius 3 is 2.57 bits per heavy atom. The number of nitro benzene ring substituents is 1. The molecule has 7 heteroatoms. The lowest BCUT2D eigenvalue weighted by atomic mass is 10.2. The van der Waals surface area contributed by atoms with E-state index in [4.69, 9.17) is 9.47 Å². The second-order valence-corrected chi connectivity index (χ2v) is 4.29. The molecule has 1 aromatic heterocycles. The van der Waals surface area contributed by atoms with Crippen LogP contribution in [0.5, 0.6) is 17.2 Å². The molecular weight excluding hydrogens is 276 g/mol. The number of nitro groups is 1. The van der Waals surface area contributed by atoms with Crippen LogP contribution in [-0.4, -0.2) is 22.1 Å². The van der Waals surface area contributed by atoms with Gasteiger partial charge in [-0.1, -0.05) is 0 Å². The van der Waals surface area contributed by atoms with Crippen molar-refractivity contribution in [2.45, 2.75) is 13.0 Å². The Balaban J connectivity index is 2.24. The number of non-ortho nitro benzene ring substituents is 1. The molecule has 0 saturated carbocycles. The van der Waals surface area contributed by atoms with Crippen molar-refractivity contribution in [2.24, 2.45) is 0 Å². The van der Waals surface area contributed by atoms with Crippen LogP contribution in [-0.2, 0) is 0 Å². The molecule has 0 saturated heterocycles. The lowest BCUT2D eigenvalue weighted by Crippen LogP contribution is -1.96. The number of pyridine rings is 1. The smallest absolute Gasteiger partial charge is 0.273 e. The van der Waals surface area contributed by atoms with Crippen LogP contribution in [0.1, 0.15) is 18.7 Å². The van der Waals surface area contributed by atoms with Gasteiger partial charge in [0.15, 0.2) is 11.5 Å². The van der Waals surface area contributed by atoms with E-state index < -0.39 is 11.0 Å². The fourth-order valence-electron chi connectivity index (χ4n) is 1.68. The van der Waals surface area contributed by atoms with Crippen molar-refractivity contribution in [3.8, 4) is 17.2 Å². The number of hydrogen-bond acceptors (Lipinski definition) is 6. The van der Waals surface area contributed by atoms with E-state index >= 15 is 0 Å². The third-order valence-corrected chi connectivity index (χ3v) is 2.77. The van der Waals surface area contributed by atoms with E-state index in [0.29, 0.717) is 17.2 Å². The highest BCUT2D eigenvalue weighted by Gasteiger charge is 2.13. The minimum atomic E-state index is -0.659. The third-order valence-electron chi connectivity index (χ3n) is 2.77. The Morgan fingerprint density at radius 1 is 1.29 bits per heavy atom. The SMILES string of the molecule is COc1cc([N+](=O)[O-])ccc1Oc1ccc(C(C)O)nc1. The number of benzene rings is 1. The van der Waals surface area contributed by atoms with Crippen molar-refractivity contribution in [3.63, 3.8) is 0 Å². The van der Waals surface area contributed by atoms with E-state index in [1.54, 1.807) is 19.1 Å². The molecule has 2 aromatic rings. The van der Waals surface area contributed by atoms with Crippen molar-refractivity contribution >= 4 is 5.69 Å². The third kappa shape index (κ3) is 3.46. The molecule has 1 N–H and O–H groups in total. The van der Waals surface area contributed by atoms with Gasteiger partial charge < -0.3 is 14.6 Å². The molecule has 0 amide bonds. The molecule has 0 bridgehead atoms. The van der Waals surface area contributed by atoms with Crippen molar-refractivity contribution in [1.82, 2.24) is 4.98 Å². The molecule has 1 heterocycles. The maximum Gasteiger partial charge on any atom is 0.273 e. The van der Waals surface area contributed by atoms with Crippen LogP contribution in [0.15, 0.2) is 36.5 Å². The average Bonchev–Trinajstić information content (AvgIpc) is 2.48. The van der Waals surface area contributed by atoms with Crippen LogP contribution in [0.2, 0.25) is 0 Å². The molecule has 1 aromatic carbocycles. The highest BCUT2D eigenvalue weighted by molar-refractivity contribution is 5.50. The Labute approximate surface area is 120 Å². The molecule has 1 atom stereocenters. The Morgan fingerprint density at radius 2 is 2.05 bits per heavy atom. The van der Waals surface area contributed by atoms with Gasteiger partial charge >= 0.3 is 0 Å². The van der Waals surface area contributed by atoms with Crippen molar-refractivity contribution < 1.29 is 19.5 Å². The topological polar surface area (TPSA) is 94.7 Å². The predicted octanol–water partition coefficient (Wildman–Crippen LogP) is 2.84. The number of nitrogens with zero attached hydrogens (tertiary/aromatic N) is 2. The molecular formula is C14H14N2O5. The van der Waals surface area contributed by atoms with Crippen molar-refractivity contribution in [1.29, 1.82) is 0 Å². The molecule has 0 aliphatic heterocycles. The molecule has 110 valence electrons. The van der Waals surface area contributed by atoms with Crippen molar-refractivity contribution in [3.05, 3.63) is 52.3 Å². The van der Waals surface area contributed by atoms with E-state index in [2.05, 4.69) is 4.98 Å². The molecule has 0 radical (unpaired) electrons. The number of hydrogen-bond donors (Lipinski definition) is 1. The minimum absolute atomic E-state index is 0.0817. The van der Waals surface area contributed by atoms with Gasteiger partial charge in [-0.2, -0.15) is 0 Å². The van der Waals surface area contributed by atoms with Gasteiger partial charge in [-0.3, -0.25) is 15.1 Å². The standard InChI is InChI=1S/C14H14N2O5/c1-9(17)12-5-4-11(8-15-12)21-13-6-3-10(16(18)19)7-14(13)20-2/h3-9,17H,1-2H3. The molecule has 0 aliphatic carbocycles. The molecule has 0 spiro atoms. The fourth-order valence-corrected chi connectivity index (χ4v) is 1.68. The molecule has 0 aliphatic rings. The molecule has 21 heavy (non-hydrogen) atoms. The fraction of sp³-hybridized carbons (Fsp3) is 0.214. The molecule has 7 nitrogen and oxygen atoms in total. The monoisotopic (exact) mass is 290 g/mol. The van der Waals surface area contributed by atoms with Gasteiger partial charge in [0, 0.05) is 6.07 Å². The minimum Gasteiger partial charge on any atom is -0.493 e. The Kier molecular flexibility index (Phi) is 4.34. The maximum atomic E-state index is 10.7. The molecule has 0 fully saturated rings. The second kappa shape index (κ2) is 6.19. The van der Waals surface area contributed by atoms with E-state index in [0.717, 1.165) is 0 Å². The van der Waals surface area contributed by atoms with Gasteiger partial charge in [0.2, 0.25) is 0 Å². The van der Waals surface area contributed by atoms with E-state index in [-0.39, 0.29) is 11.4 Å². The highest BCUT2D eigenvalue weighted by atomic mass is 16.6. The van der Waals surface area contributed by atoms with Gasteiger partial charge in [-0.05, 0) is 25.1 Å². The second-order valence-electron chi connectivity index (χ2n) is 4.29. The highest BCUT2D eigenvalue weighted by Crippen LogP contribution is 2.34. The summed E-state index contributed by atoms with van der Waals surface area (Å²) in [6, 6.07) is 7.36. The maximum absolute atomic E-state index is 10.7. The summed E-state index contributed by atoms with van der Waals surface area (Å²) >= 11 is 0. The number of aromatic nitrogens is 1. The number of aliphatic hydroxyl groups is 1. The summed E-state index contributed by atoms with van der Waals surface area (Å²) in [6.07, 6.45) is 0.802. The zero-order valence-electron chi connectivity index (χ0n) is 11.5. The Bertz CT molecular complexity index is 640. The van der Waals surface area contributed by atoms with E-state index in [9.17, 15) is 15.2 Å². The van der Waals surface area contributed by atoms with E-state index in [1.807, 2.05) is 0 Å². The predicted molar refractivity (Wildman–Crippen MR) is 74.6 cm³/mol. The lowest BCUT2D eigenvalue weighted by Gasteiger charge is -2.10. The number of aliphatic hydroxyl groups excluding tert-OH is 1. The summed E-state index contributed by atoms with van der Waals surface area (Å²) in [5.41, 5.74) is 0.444. The van der Waals surface area contributed by atoms with Gasteiger partial charge in [-0.15, -0.1) is 0 Å². The van der Waals surface area contributed by atoms with Gasteiger partial charge in [0.25, 0.3) is 5.69 Å². The summed E-state index contributed by atoms with van der Waals surface area (Å²) in [5, 5.41) is 20.1. The summed E-state index contributed by atoms with van der Waals surface area (Å²) in [5.74, 6) is 1.03. The first-order valence-electron chi connectivity index (χ1n) is 6.15. The van der Waals surface area contributed by atoms with Crippen LogP contribution in [0.3, 0.4) is 0 Å². The quantitative estimate of drug-likeness (QED) is 0.672. The summed E-state index contributed by atoms with van der Waals surface area (Å²) in [6.45, 7) is 1.61. The number of rotatable bonds is 5. The normalized spacial score (nSPS) is 11.8. The first kappa shape index (κ1) is 14.7. The summed E-state index contributed by atoms with van der Waals surface area (Å²) < 4.78 is 10.7. The first-order chi connectivity index (χ1) is 10.0. The Hall–Kier alpha value is -2.67. The van der Waals surface area contributed by atoms with Crippen LogP contribution < -0.4 is 9.47 Å². The largest absolute Gasteiger partial charge is 0.493 e. The van der Waals surface area contributed by atoms with Gasteiger partial charge in [-0.25, -0.2) is 0 Å². The zero-order chi connectivity index (χ0) is 15.4. The van der Waals surface area contributed by atoms with Crippen LogP contribution in [0.25, 0.3) is 0 Å². The van der Waals surface area contributed by atoms with Gasteiger partial charge in [0.05, 0.1) is 36.1 Å². The van der Waals surface area contributed by atoms with Crippen LogP contribution >= 0.6 is 0 Å². The van der Waals surface area contributed by atoms with E-state index in [1.165, 1.54) is 31.5 Å². The number of methoxy groups -OCH3 is 1. The summed E-state index contributed by atoms with van der Waals surface area (Å²) in [7, 11) is 1.40. The molecule has 1 unspecified atom stereocenters. The molecule has 2 rings (SSSR count). The van der Waals surface area contributed by atoms with Gasteiger partial charge in [0.1, 0.15) is 5.75 Å². The first-order valence-corrected chi connectivity index (χ1v) is 6.15. The zero-order valence-corrected chi connectivity index (χ0v) is 11.5. The van der Waals surface area contributed by atoms with Crippen LogP contribution in [0.4, 0.5) is 5.69 Å². The average molecular weight is 290 g/mol. The van der Waals surface area contributed by atoms with Crippen LogP contribution in [0, 0.1) is 10.1 Å². The summed E-state index contributed by atoms with van der Waals surface area (Å²) in [4.78, 5) is 14.3. The van der Waals surface area contributed by atoms with Crippen molar-refractivity contribution in [2.75, 3.05) is 7.11 Å².